The SMILES string of the molecule is CCOc1cc(/C=N\NC(=O)C(=O)NCc2ccc(C(C)C)cc2)cc(I)c1OCC(=O)Nc1cc(Cl)ccc1C. The molecule has 0 heterocycles. The normalized spacial score (nSPS) is 10.9. The Morgan fingerprint density at radius 2 is 1.76 bits per heavy atom. The van der Waals surface area contributed by atoms with Crippen LogP contribution in [0, 0.1) is 10.5 Å². The number of hydrazone groups is 1. The van der Waals surface area contributed by atoms with Crippen molar-refractivity contribution in [3.8, 4) is 11.5 Å². The molecule has 0 saturated heterocycles. The number of benzene rings is 3. The summed E-state index contributed by atoms with van der Waals surface area (Å²) in [5.41, 5.74) is 6.38. The number of halogens is 2. The van der Waals surface area contributed by atoms with Gasteiger partial charge in [-0.1, -0.05) is 55.8 Å². The monoisotopic (exact) mass is 690 g/mol. The summed E-state index contributed by atoms with van der Waals surface area (Å²) in [5.74, 6) is -0.828. The minimum Gasteiger partial charge on any atom is -0.490 e. The molecule has 9 nitrogen and oxygen atoms in total. The highest BCUT2D eigenvalue weighted by molar-refractivity contribution is 14.1. The van der Waals surface area contributed by atoms with Crippen LogP contribution in [-0.4, -0.2) is 37.1 Å². The lowest BCUT2D eigenvalue weighted by molar-refractivity contribution is -0.139. The lowest BCUT2D eigenvalue weighted by atomic mass is 10.0. The third kappa shape index (κ3) is 9.75. The number of hydrogen-bond acceptors (Lipinski definition) is 6. The van der Waals surface area contributed by atoms with Gasteiger partial charge < -0.3 is 20.1 Å². The molecule has 41 heavy (non-hydrogen) atoms. The second-order valence-electron chi connectivity index (χ2n) is 9.34. The number of carbonyl (C=O) groups is 3. The van der Waals surface area contributed by atoms with Crippen molar-refractivity contribution >= 4 is 63.8 Å². The van der Waals surface area contributed by atoms with Gasteiger partial charge >= 0.3 is 11.8 Å². The Kier molecular flexibility index (Phi) is 12.0. The predicted molar refractivity (Wildman–Crippen MR) is 169 cm³/mol. The minimum atomic E-state index is -0.888. The second-order valence-corrected chi connectivity index (χ2v) is 10.9. The Labute approximate surface area is 258 Å². The molecule has 3 N–H and O–H groups in total. The Morgan fingerprint density at radius 1 is 1.02 bits per heavy atom. The number of hydrogen-bond donors (Lipinski definition) is 3. The maximum Gasteiger partial charge on any atom is 0.329 e. The van der Waals surface area contributed by atoms with Gasteiger partial charge in [0, 0.05) is 17.3 Å². The number of rotatable bonds is 11. The van der Waals surface area contributed by atoms with Crippen LogP contribution in [0.2, 0.25) is 5.02 Å². The second kappa shape index (κ2) is 15.4. The fourth-order valence-electron chi connectivity index (χ4n) is 3.62. The minimum absolute atomic E-state index is 0.225. The summed E-state index contributed by atoms with van der Waals surface area (Å²) in [7, 11) is 0. The van der Waals surface area contributed by atoms with E-state index in [-0.39, 0.29) is 19.1 Å². The molecular weight excluding hydrogens is 659 g/mol. The maximum absolute atomic E-state index is 12.5. The Bertz CT molecular complexity index is 1430. The van der Waals surface area contributed by atoms with Gasteiger partial charge in [-0.15, -0.1) is 0 Å². The van der Waals surface area contributed by atoms with E-state index >= 15 is 0 Å². The van der Waals surface area contributed by atoms with Crippen LogP contribution in [-0.2, 0) is 20.9 Å². The van der Waals surface area contributed by atoms with E-state index in [2.05, 4.69) is 57.6 Å². The molecule has 3 rings (SSSR count). The molecule has 0 radical (unpaired) electrons. The maximum atomic E-state index is 12.5. The van der Waals surface area contributed by atoms with Crippen molar-refractivity contribution < 1.29 is 23.9 Å². The third-order valence-electron chi connectivity index (χ3n) is 5.84. The summed E-state index contributed by atoms with van der Waals surface area (Å²) >= 11 is 8.09. The van der Waals surface area contributed by atoms with Crippen LogP contribution < -0.4 is 25.5 Å². The average Bonchev–Trinajstić information content (AvgIpc) is 2.93. The molecule has 3 aromatic carbocycles. The van der Waals surface area contributed by atoms with Gasteiger partial charge in [0.15, 0.2) is 18.1 Å². The number of ether oxygens (including phenoxy) is 2. The smallest absolute Gasteiger partial charge is 0.329 e. The molecule has 0 unspecified atom stereocenters. The first kappa shape index (κ1) is 31.9. The number of nitrogens with zero attached hydrogens (tertiary/aromatic N) is 1. The fourth-order valence-corrected chi connectivity index (χ4v) is 4.57. The summed E-state index contributed by atoms with van der Waals surface area (Å²) in [6.45, 7) is 8.24. The summed E-state index contributed by atoms with van der Waals surface area (Å²) in [6, 6.07) is 16.5. The summed E-state index contributed by atoms with van der Waals surface area (Å²) in [5, 5.41) is 9.78. The van der Waals surface area contributed by atoms with Crippen LogP contribution >= 0.6 is 34.2 Å². The van der Waals surface area contributed by atoms with Gasteiger partial charge in [0.25, 0.3) is 5.91 Å². The van der Waals surface area contributed by atoms with Gasteiger partial charge in [0.2, 0.25) is 0 Å². The van der Waals surface area contributed by atoms with E-state index < -0.39 is 11.8 Å². The molecule has 3 amide bonds. The molecule has 0 aliphatic rings. The molecule has 0 aliphatic heterocycles. The van der Waals surface area contributed by atoms with E-state index in [0.29, 0.717) is 43.9 Å². The Morgan fingerprint density at radius 3 is 2.44 bits per heavy atom. The summed E-state index contributed by atoms with van der Waals surface area (Å²) < 4.78 is 12.2. The van der Waals surface area contributed by atoms with Gasteiger partial charge in [-0.25, -0.2) is 5.43 Å². The molecule has 0 atom stereocenters. The van der Waals surface area contributed by atoms with E-state index in [1.54, 1.807) is 24.3 Å². The number of nitrogens with one attached hydrogen (secondary N) is 3. The van der Waals surface area contributed by atoms with Crippen LogP contribution in [0.25, 0.3) is 0 Å². The fraction of sp³-hybridized carbons (Fsp3) is 0.267. The third-order valence-corrected chi connectivity index (χ3v) is 6.87. The van der Waals surface area contributed by atoms with Crippen LogP contribution in [0.5, 0.6) is 11.5 Å². The van der Waals surface area contributed by atoms with Crippen molar-refractivity contribution in [3.63, 3.8) is 0 Å². The molecule has 3 aromatic rings. The molecule has 216 valence electrons. The molecule has 0 aromatic heterocycles. The number of aryl methyl sites for hydroxylation is 1. The van der Waals surface area contributed by atoms with Gasteiger partial charge in [-0.05, 0) is 88.9 Å². The number of amides is 3. The van der Waals surface area contributed by atoms with E-state index in [9.17, 15) is 14.4 Å². The first-order valence-electron chi connectivity index (χ1n) is 12.9. The van der Waals surface area contributed by atoms with Gasteiger partial charge in [0.1, 0.15) is 0 Å². The van der Waals surface area contributed by atoms with Crippen molar-refractivity contribution in [3.05, 3.63) is 85.4 Å². The van der Waals surface area contributed by atoms with Gasteiger partial charge in [0.05, 0.1) is 16.4 Å². The molecule has 0 bridgehead atoms. The molecule has 11 heteroatoms. The molecular formula is C30H32ClIN4O5. The standard InChI is InChI=1S/C30H32ClIN4O5/c1-5-40-26-13-21(12-24(32)28(26)41-17-27(37)35-25-14-23(31)11-6-19(25)4)16-34-36-30(39)29(38)33-15-20-7-9-22(10-8-20)18(2)3/h6-14,16,18H,5,15,17H2,1-4H3,(H,33,38)(H,35,37)(H,36,39)/b34-16-. The van der Waals surface area contributed by atoms with E-state index in [1.807, 2.05) is 44.2 Å². The largest absolute Gasteiger partial charge is 0.490 e. The van der Waals surface area contributed by atoms with Crippen molar-refractivity contribution in [1.29, 1.82) is 0 Å². The number of anilines is 1. The first-order valence-corrected chi connectivity index (χ1v) is 14.4. The highest BCUT2D eigenvalue weighted by Gasteiger charge is 2.15. The quantitative estimate of drug-likeness (QED) is 0.105. The molecule has 0 saturated carbocycles. The zero-order valence-corrected chi connectivity index (χ0v) is 26.1. The van der Waals surface area contributed by atoms with Gasteiger partial charge in [-0.3, -0.25) is 14.4 Å². The van der Waals surface area contributed by atoms with Crippen molar-refractivity contribution in [2.45, 2.75) is 40.2 Å². The topological polar surface area (TPSA) is 118 Å². The Balaban J connectivity index is 1.57. The first-order chi connectivity index (χ1) is 19.6. The van der Waals surface area contributed by atoms with E-state index in [4.69, 9.17) is 21.1 Å². The zero-order valence-electron chi connectivity index (χ0n) is 23.2. The average molecular weight is 691 g/mol. The van der Waals surface area contributed by atoms with Crippen molar-refractivity contribution in [2.75, 3.05) is 18.5 Å². The zero-order chi connectivity index (χ0) is 29.9. The Hall–Kier alpha value is -3.64. The lowest BCUT2D eigenvalue weighted by Crippen LogP contribution is -2.37. The van der Waals surface area contributed by atoms with Crippen molar-refractivity contribution in [1.82, 2.24) is 10.7 Å². The molecule has 0 fully saturated rings. The van der Waals surface area contributed by atoms with Crippen LogP contribution in [0.3, 0.4) is 0 Å². The van der Waals surface area contributed by atoms with Crippen LogP contribution in [0.1, 0.15) is 48.9 Å². The molecule has 0 spiro atoms. The number of carbonyl (C=O) groups excluding carboxylic acids is 3. The lowest BCUT2D eigenvalue weighted by Gasteiger charge is -2.15. The van der Waals surface area contributed by atoms with Crippen LogP contribution in [0.4, 0.5) is 5.69 Å². The van der Waals surface area contributed by atoms with Crippen molar-refractivity contribution in [2.24, 2.45) is 5.10 Å². The highest BCUT2D eigenvalue weighted by Crippen LogP contribution is 2.34. The van der Waals surface area contributed by atoms with Crippen LogP contribution in [0.15, 0.2) is 59.7 Å². The summed E-state index contributed by atoms with van der Waals surface area (Å²) in [4.78, 5) is 36.9. The highest BCUT2D eigenvalue weighted by atomic mass is 127. The van der Waals surface area contributed by atoms with Gasteiger partial charge in [-0.2, -0.15) is 5.10 Å². The van der Waals surface area contributed by atoms with E-state index in [0.717, 1.165) is 11.1 Å². The molecule has 0 aliphatic carbocycles. The summed E-state index contributed by atoms with van der Waals surface area (Å²) in [6.07, 6.45) is 1.39. The van der Waals surface area contributed by atoms with E-state index in [1.165, 1.54) is 11.8 Å². The predicted octanol–water partition coefficient (Wildman–Crippen LogP) is 5.56.